The van der Waals surface area contributed by atoms with Crippen molar-refractivity contribution >= 4 is 55.1 Å². The van der Waals surface area contributed by atoms with Crippen molar-refractivity contribution in [2.45, 2.75) is 51.6 Å². The standard InChI is InChI=1S/C31H37BrClN3O5S/c1-6-28(31(38)34-18-21(2)3)35(19-23-9-7-8-10-27(23)33)30(37)20-36(24-13-11-22(4)12-14-24)42(39,40)25-15-16-29(41-5)26(32)17-25/h7-17,21,28H,6,18-20H2,1-5H3,(H,34,38)/t28-/m0/s1. The Morgan fingerprint density at radius 2 is 1.71 bits per heavy atom. The molecule has 0 fully saturated rings. The lowest BCUT2D eigenvalue weighted by atomic mass is 10.1. The third kappa shape index (κ3) is 8.26. The van der Waals surface area contributed by atoms with Crippen LogP contribution in [0.1, 0.15) is 38.3 Å². The highest BCUT2D eigenvalue weighted by atomic mass is 79.9. The molecule has 1 N–H and O–H groups in total. The predicted octanol–water partition coefficient (Wildman–Crippen LogP) is 6.19. The molecule has 0 saturated carbocycles. The molecule has 0 spiro atoms. The molecule has 0 radical (unpaired) electrons. The Morgan fingerprint density at radius 1 is 1.05 bits per heavy atom. The Labute approximate surface area is 262 Å². The summed E-state index contributed by atoms with van der Waals surface area (Å²) >= 11 is 9.81. The van der Waals surface area contributed by atoms with Crippen molar-refractivity contribution in [3.05, 3.63) is 87.4 Å². The maximum absolute atomic E-state index is 14.2. The van der Waals surface area contributed by atoms with Crippen molar-refractivity contribution in [2.24, 2.45) is 5.92 Å². The number of carbonyl (C=O) groups is 2. The van der Waals surface area contributed by atoms with Crippen molar-refractivity contribution in [1.29, 1.82) is 0 Å². The summed E-state index contributed by atoms with van der Waals surface area (Å²) in [5.74, 6) is -0.171. The number of nitrogens with zero attached hydrogens (tertiary/aromatic N) is 2. The van der Waals surface area contributed by atoms with Crippen molar-refractivity contribution in [1.82, 2.24) is 10.2 Å². The van der Waals surface area contributed by atoms with Crippen LogP contribution in [0, 0.1) is 12.8 Å². The van der Waals surface area contributed by atoms with Gasteiger partial charge >= 0.3 is 0 Å². The van der Waals surface area contributed by atoms with E-state index < -0.39 is 28.5 Å². The molecule has 1 atom stereocenters. The zero-order chi connectivity index (χ0) is 31.0. The Hall–Kier alpha value is -3.08. The number of hydrogen-bond acceptors (Lipinski definition) is 5. The number of amides is 2. The molecule has 0 aliphatic heterocycles. The number of halogens is 2. The minimum atomic E-state index is -4.22. The lowest BCUT2D eigenvalue weighted by Gasteiger charge is -2.33. The van der Waals surface area contributed by atoms with E-state index in [0.29, 0.717) is 39.5 Å². The Kier molecular flexibility index (Phi) is 11.8. The number of aryl methyl sites for hydroxylation is 1. The molecule has 0 bridgehead atoms. The van der Waals surface area contributed by atoms with E-state index in [4.69, 9.17) is 16.3 Å². The summed E-state index contributed by atoms with van der Waals surface area (Å²) in [6.45, 7) is 7.61. The van der Waals surface area contributed by atoms with Crippen LogP contribution in [-0.2, 0) is 26.2 Å². The highest BCUT2D eigenvalue weighted by molar-refractivity contribution is 9.10. The van der Waals surface area contributed by atoms with Gasteiger partial charge < -0.3 is 15.0 Å². The molecule has 0 aliphatic carbocycles. The smallest absolute Gasteiger partial charge is 0.264 e. The van der Waals surface area contributed by atoms with Gasteiger partial charge in [-0.05, 0) is 77.2 Å². The highest BCUT2D eigenvalue weighted by Gasteiger charge is 2.34. The van der Waals surface area contributed by atoms with Crippen LogP contribution in [-0.4, -0.2) is 51.4 Å². The largest absolute Gasteiger partial charge is 0.496 e. The average molecular weight is 679 g/mol. The maximum atomic E-state index is 14.2. The van der Waals surface area contributed by atoms with Gasteiger partial charge in [-0.15, -0.1) is 0 Å². The van der Waals surface area contributed by atoms with E-state index in [1.54, 1.807) is 54.6 Å². The molecule has 11 heteroatoms. The summed E-state index contributed by atoms with van der Waals surface area (Å²) in [7, 11) is -2.74. The fourth-order valence-electron chi connectivity index (χ4n) is 4.33. The van der Waals surface area contributed by atoms with Crippen LogP contribution in [0.15, 0.2) is 76.1 Å². The van der Waals surface area contributed by atoms with E-state index in [1.165, 1.54) is 24.1 Å². The minimum absolute atomic E-state index is 0.0251. The van der Waals surface area contributed by atoms with E-state index in [9.17, 15) is 18.0 Å². The number of hydrogen-bond donors (Lipinski definition) is 1. The van der Waals surface area contributed by atoms with E-state index in [1.807, 2.05) is 27.7 Å². The third-order valence-corrected chi connectivity index (χ3v) is 9.44. The molecule has 42 heavy (non-hydrogen) atoms. The second-order valence-corrected chi connectivity index (χ2v) is 13.4. The van der Waals surface area contributed by atoms with Gasteiger partial charge in [-0.1, -0.05) is 68.3 Å². The van der Waals surface area contributed by atoms with E-state index in [0.717, 1.165) is 9.87 Å². The van der Waals surface area contributed by atoms with Crippen LogP contribution in [0.2, 0.25) is 5.02 Å². The first kappa shape index (κ1) is 33.4. The number of carbonyl (C=O) groups excluding carboxylic acids is 2. The topological polar surface area (TPSA) is 96.0 Å². The molecular weight excluding hydrogens is 642 g/mol. The monoisotopic (exact) mass is 677 g/mol. The van der Waals surface area contributed by atoms with Gasteiger partial charge in [0.15, 0.2) is 0 Å². The average Bonchev–Trinajstić information content (AvgIpc) is 2.96. The second kappa shape index (κ2) is 14.9. The zero-order valence-corrected chi connectivity index (χ0v) is 27.6. The van der Waals surface area contributed by atoms with Gasteiger partial charge in [-0.2, -0.15) is 0 Å². The van der Waals surface area contributed by atoms with E-state index in [-0.39, 0.29) is 23.3 Å². The summed E-state index contributed by atoms with van der Waals surface area (Å²) < 4.78 is 35.0. The van der Waals surface area contributed by atoms with Crippen LogP contribution in [0.25, 0.3) is 0 Å². The van der Waals surface area contributed by atoms with Crippen molar-refractivity contribution in [2.75, 3.05) is 24.5 Å². The fraction of sp³-hybridized carbons (Fsp3) is 0.355. The molecule has 3 rings (SSSR count). The van der Waals surface area contributed by atoms with Crippen LogP contribution >= 0.6 is 27.5 Å². The lowest BCUT2D eigenvalue weighted by Crippen LogP contribution is -2.52. The Morgan fingerprint density at radius 3 is 2.29 bits per heavy atom. The SMILES string of the molecule is CC[C@@H](C(=O)NCC(C)C)N(Cc1ccccc1Cl)C(=O)CN(c1ccc(C)cc1)S(=O)(=O)c1ccc(OC)c(Br)c1. The number of methoxy groups -OCH3 is 1. The number of ether oxygens (including phenoxy) is 1. The number of anilines is 1. The normalized spacial score (nSPS) is 12.1. The number of rotatable bonds is 13. The zero-order valence-electron chi connectivity index (χ0n) is 24.4. The first-order valence-electron chi connectivity index (χ1n) is 13.6. The molecule has 0 aromatic heterocycles. The summed E-state index contributed by atoms with van der Waals surface area (Å²) in [6.07, 6.45) is 0.322. The van der Waals surface area contributed by atoms with Gasteiger partial charge in [-0.3, -0.25) is 13.9 Å². The molecule has 3 aromatic rings. The molecule has 8 nitrogen and oxygen atoms in total. The highest BCUT2D eigenvalue weighted by Crippen LogP contribution is 2.31. The van der Waals surface area contributed by atoms with Gasteiger partial charge in [0.25, 0.3) is 10.0 Å². The van der Waals surface area contributed by atoms with Crippen LogP contribution in [0.4, 0.5) is 5.69 Å². The molecule has 0 heterocycles. The predicted molar refractivity (Wildman–Crippen MR) is 170 cm³/mol. The van der Waals surface area contributed by atoms with Crippen molar-refractivity contribution < 1.29 is 22.7 Å². The van der Waals surface area contributed by atoms with Gasteiger partial charge in [-0.25, -0.2) is 8.42 Å². The minimum Gasteiger partial charge on any atom is -0.496 e. The van der Waals surface area contributed by atoms with Gasteiger partial charge in [0, 0.05) is 18.1 Å². The molecule has 0 unspecified atom stereocenters. The first-order valence-corrected chi connectivity index (χ1v) is 16.2. The van der Waals surface area contributed by atoms with Crippen LogP contribution in [0.3, 0.4) is 0 Å². The van der Waals surface area contributed by atoms with Gasteiger partial charge in [0.1, 0.15) is 18.3 Å². The van der Waals surface area contributed by atoms with Gasteiger partial charge in [0.2, 0.25) is 11.8 Å². The van der Waals surface area contributed by atoms with Crippen molar-refractivity contribution in [3.8, 4) is 5.75 Å². The number of benzene rings is 3. The molecular formula is C31H37BrClN3O5S. The summed E-state index contributed by atoms with van der Waals surface area (Å²) in [6, 6.07) is 17.5. The van der Waals surface area contributed by atoms with Crippen LogP contribution in [0.5, 0.6) is 5.75 Å². The molecule has 2 amide bonds. The summed E-state index contributed by atoms with van der Waals surface area (Å²) in [5, 5.41) is 3.36. The number of nitrogens with one attached hydrogen (secondary N) is 1. The number of sulfonamides is 1. The first-order chi connectivity index (χ1) is 19.9. The van der Waals surface area contributed by atoms with Gasteiger partial charge in [0.05, 0.1) is 22.2 Å². The van der Waals surface area contributed by atoms with E-state index in [2.05, 4.69) is 21.2 Å². The summed E-state index contributed by atoms with van der Waals surface area (Å²) in [5.41, 5.74) is 1.89. The molecule has 0 saturated heterocycles. The van der Waals surface area contributed by atoms with Crippen molar-refractivity contribution in [3.63, 3.8) is 0 Å². The lowest BCUT2D eigenvalue weighted by molar-refractivity contribution is -0.140. The Balaban J connectivity index is 2.08. The van der Waals surface area contributed by atoms with Crippen LogP contribution < -0.4 is 14.4 Å². The van der Waals surface area contributed by atoms with E-state index >= 15 is 0 Å². The fourth-order valence-corrected chi connectivity index (χ4v) is 6.66. The molecule has 3 aromatic carbocycles. The summed E-state index contributed by atoms with van der Waals surface area (Å²) in [4.78, 5) is 28.9. The molecule has 226 valence electrons. The maximum Gasteiger partial charge on any atom is 0.264 e. The quantitative estimate of drug-likeness (QED) is 0.233. The second-order valence-electron chi connectivity index (χ2n) is 10.3. The Bertz CT molecular complexity index is 1500. The molecule has 0 aliphatic rings. The third-order valence-electron chi connectivity index (χ3n) is 6.68.